The van der Waals surface area contributed by atoms with Gasteiger partial charge in [0.2, 0.25) is 5.88 Å². The minimum atomic E-state index is 0.678. The quantitative estimate of drug-likeness (QED) is 0.648. The molecule has 2 heterocycles. The van der Waals surface area contributed by atoms with Crippen molar-refractivity contribution in [2.75, 3.05) is 0 Å². The maximum absolute atomic E-state index is 6.00. The lowest BCUT2D eigenvalue weighted by molar-refractivity contribution is 0.458. The van der Waals surface area contributed by atoms with Gasteiger partial charge in [0.15, 0.2) is 4.96 Å². The number of aromatic nitrogens is 2. The van der Waals surface area contributed by atoms with E-state index in [0.29, 0.717) is 11.2 Å². The second kappa shape index (κ2) is 4.98. The smallest absolute Gasteiger partial charge is 0.243 e. The summed E-state index contributed by atoms with van der Waals surface area (Å²) in [5.41, 5.74) is 3.33. The number of ether oxygens (including phenoxy) is 1. The third kappa shape index (κ3) is 2.28. The molecule has 3 nitrogen and oxygen atoms in total. The highest BCUT2D eigenvalue weighted by Crippen LogP contribution is 2.31. The molecule has 5 heteroatoms. The monoisotopic (exact) mass is 336 g/mol. The second-order valence-corrected chi connectivity index (χ2v) is 5.86. The molecule has 3 aromatic rings. The van der Waals surface area contributed by atoms with Gasteiger partial charge >= 0.3 is 0 Å². The van der Waals surface area contributed by atoms with Crippen LogP contribution >= 0.6 is 27.3 Å². The molecular formula is C14H13BrN2OS. The predicted octanol–water partition coefficient (Wildman–Crippen LogP) is 4.70. The largest absolute Gasteiger partial charge is 0.437 e. The van der Waals surface area contributed by atoms with Crippen molar-refractivity contribution in [2.24, 2.45) is 0 Å². The van der Waals surface area contributed by atoms with Crippen LogP contribution in [-0.4, -0.2) is 9.38 Å². The van der Waals surface area contributed by atoms with Crippen molar-refractivity contribution in [1.82, 2.24) is 9.38 Å². The molecule has 0 aliphatic heterocycles. The maximum Gasteiger partial charge on any atom is 0.243 e. The number of thiazole rings is 1. The maximum atomic E-state index is 6.00. The van der Waals surface area contributed by atoms with Gasteiger partial charge in [-0.25, -0.2) is 0 Å². The van der Waals surface area contributed by atoms with Gasteiger partial charge in [-0.15, -0.1) is 11.3 Å². The van der Waals surface area contributed by atoms with Crippen molar-refractivity contribution in [3.8, 4) is 11.6 Å². The predicted molar refractivity (Wildman–Crippen MR) is 81.7 cm³/mol. The lowest BCUT2D eigenvalue weighted by atomic mass is 10.1. The highest BCUT2D eigenvalue weighted by Gasteiger charge is 2.14. The van der Waals surface area contributed by atoms with Crippen LogP contribution in [0.1, 0.15) is 16.8 Å². The summed E-state index contributed by atoms with van der Waals surface area (Å²) in [7, 11) is 0. The van der Waals surface area contributed by atoms with Gasteiger partial charge in [-0.3, -0.25) is 4.40 Å². The average Bonchev–Trinajstić information content (AvgIpc) is 2.94. The average molecular weight is 337 g/mol. The van der Waals surface area contributed by atoms with Gasteiger partial charge in [0.25, 0.3) is 0 Å². The van der Waals surface area contributed by atoms with Crippen molar-refractivity contribution in [3.63, 3.8) is 0 Å². The molecule has 98 valence electrons. The molecule has 0 amide bonds. The fourth-order valence-corrected chi connectivity index (χ4v) is 3.17. The van der Waals surface area contributed by atoms with Crippen LogP contribution < -0.4 is 4.74 Å². The Kier molecular flexibility index (Phi) is 3.33. The van der Waals surface area contributed by atoms with Gasteiger partial charge in [0.05, 0.1) is 5.69 Å². The van der Waals surface area contributed by atoms with Crippen molar-refractivity contribution >= 4 is 32.2 Å². The number of imidazole rings is 1. The molecule has 0 aliphatic rings. The molecule has 0 saturated carbocycles. The molecule has 3 rings (SSSR count). The lowest BCUT2D eigenvalue weighted by Crippen LogP contribution is -1.93. The van der Waals surface area contributed by atoms with Crippen LogP contribution in [0.2, 0.25) is 0 Å². The minimum absolute atomic E-state index is 0.678. The number of hydrogen-bond acceptors (Lipinski definition) is 3. The Balaban J connectivity index is 2.05. The molecule has 0 N–H and O–H groups in total. The molecule has 0 aliphatic carbocycles. The fourth-order valence-electron chi connectivity index (χ4n) is 1.94. The van der Waals surface area contributed by atoms with Crippen molar-refractivity contribution in [2.45, 2.75) is 19.2 Å². The van der Waals surface area contributed by atoms with Crippen molar-refractivity contribution in [1.29, 1.82) is 0 Å². The first-order valence-corrected chi connectivity index (χ1v) is 7.94. The van der Waals surface area contributed by atoms with Crippen LogP contribution in [0.15, 0.2) is 29.8 Å². The van der Waals surface area contributed by atoms with Gasteiger partial charge in [0.1, 0.15) is 5.75 Å². The van der Waals surface area contributed by atoms with E-state index in [4.69, 9.17) is 4.74 Å². The second-order valence-electron chi connectivity index (χ2n) is 4.42. The van der Waals surface area contributed by atoms with E-state index in [-0.39, 0.29) is 0 Å². The van der Waals surface area contributed by atoms with E-state index in [1.54, 1.807) is 11.3 Å². The Labute approximate surface area is 124 Å². The molecule has 0 fully saturated rings. The summed E-state index contributed by atoms with van der Waals surface area (Å²) in [5.74, 6) is 1.55. The number of halogens is 1. The summed E-state index contributed by atoms with van der Waals surface area (Å²) in [6, 6.07) is 6.19. The van der Waals surface area contributed by atoms with Gasteiger partial charge < -0.3 is 4.74 Å². The van der Waals surface area contributed by atoms with Crippen molar-refractivity contribution in [3.05, 3.63) is 46.6 Å². The van der Waals surface area contributed by atoms with Crippen LogP contribution in [0.25, 0.3) is 4.96 Å². The Morgan fingerprint density at radius 2 is 2.21 bits per heavy atom. The number of fused-ring (bicyclic) bond motifs is 1. The van der Waals surface area contributed by atoms with Gasteiger partial charge in [-0.05, 0) is 31.0 Å². The third-order valence-electron chi connectivity index (χ3n) is 3.00. The number of alkyl halides is 1. The van der Waals surface area contributed by atoms with Crippen molar-refractivity contribution < 1.29 is 4.74 Å². The van der Waals surface area contributed by atoms with Crippen LogP contribution in [0, 0.1) is 13.8 Å². The highest BCUT2D eigenvalue weighted by atomic mass is 79.9. The van der Waals surface area contributed by atoms with E-state index in [2.05, 4.69) is 44.4 Å². The summed E-state index contributed by atoms with van der Waals surface area (Å²) in [6.45, 7) is 4.10. The van der Waals surface area contributed by atoms with Gasteiger partial charge in [0, 0.05) is 16.9 Å². The van der Waals surface area contributed by atoms with Crippen LogP contribution in [0.4, 0.5) is 0 Å². The Hall–Kier alpha value is -1.33. The summed E-state index contributed by atoms with van der Waals surface area (Å²) in [4.78, 5) is 5.49. The molecule has 0 spiro atoms. The molecular weight excluding hydrogens is 324 g/mol. The standard InChI is InChI=1S/C14H13BrN2OS/c1-9-3-4-10(2)12(7-9)18-13-11(8-15)17-5-6-19-14(17)16-13/h3-7H,8H2,1-2H3. The number of nitrogens with zero attached hydrogens (tertiary/aromatic N) is 2. The highest BCUT2D eigenvalue weighted by molar-refractivity contribution is 9.08. The number of benzene rings is 1. The van der Waals surface area contributed by atoms with E-state index >= 15 is 0 Å². The molecule has 0 radical (unpaired) electrons. The third-order valence-corrected chi connectivity index (χ3v) is 4.29. The van der Waals surface area contributed by atoms with Gasteiger partial charge in [-0.1, -0.05) is 28.1 Å². The first-order valence-electron chi connectivity index (χ1n) is 5.94. The summed E-state index contributed by atoms with van der Waals surface area (Å²) in [6.07, 6.45) is 2.01. The summed E-state index contributed by atoms with van der Waals surface area (Å²) in [5, 5.41) is 2.74. The molecule has 0 atom stereocenters. The Bertz CT molecular complexity index is 732. The lowest BCUT2D eigenvalue weighted by Gasteiger charge is -2.08. The Morgan fingerprint density at radius 1 is 1.37 bits per heavy atom. The number of aryl methyl sites for hydroxylation is 2. The van der Waals surface area contributed by atoms with Crippen LogP contribution in [0.5, 0.6) is 11.6 Å². The molecule has 0 bridgehead atoms. The number of rotatable bonds is 3. The van der Waals surface area contributed by atoms with E-state index in [1.807, 2.05) is 24.6 Å². The summed E-state index contributed by atoms with van der Waals surface area (Å²) >= 11 is 5.11. The van der Waals surface area contributed by atoms with E-state index in [1.165, 1.54) is 5.56 Å². The minimum Gasteiger partial charge on any atom is -0.437 e. The zero-order chi connectivity index (χ0) is 13.4. The normalized spacial score (nSPS) is 11.1. The first kappa shape index (κ1) is 12.7. The first-order chi connectivity index (χ1) is 9.19. The van der Waals surface area contributed by atoms with E-state index in [0.717, 1.165) is 22.0 Å². The molecule has 0 unspecified atom stereocenters. The molecule has 19 heavy (non-hydrogen) atoms. The van der Waals surface area contributed by atoms with Crippen LogP contribution in [-0.2, 0) is 5.33 Å². The van der Waals surface area contributed by atoms with E-state index in [9.17, 15) is 0 Å². The van der Waals surface area contributed by atoms with Gasteiger partial charge in [-0.2, -0.15) is 4.98 Å². The molecule has 0 saturated heterocycles. The fraction of sp³-hybridized carbons (Fsp3) is 0.214. The Morgan fingerprint density at radius 3 is 3.00 bits per heavy atom. The number of hydrogen-bond donors (Lipinski definition) is 0. The summed E-state index contributed by atoms with van der Waals surface area (Å²) < 4.78 is 8.06. The van der Waals surface area contributed by atoms with Crippen LogP contribution in [0.3, 0.4) is 0 Å². The zero-order valence-electron chi connectivity index (χ0n) is 10.7. The molecule has 1 aromatic carbocycles. The molecule has 2 aromatic heterocycles. The zero-order valence-corrected chi connectivity index (χ0v) is 13.1. The topological polar surface area (TPSA) is 26.5 Å². The SMILES string of the molecule is Cc1ccc(C)c(Oc2nc3sccn3c2CBr)c1. The van der Waals surface area contributed by atoms with E-state index < -0.39 is 0 Å².